The van der Waals surface area contributed by atoms with E-state index in [1.54, 1.807) is 24.7 Å². The lowest BCUT2D eigenvalue weighted by Crippen LogP contribution is -2.01. The first-order valence-corrected chi connectivity index (χ1v) is 3.91. The van der Waals surface area contributed by atoms with E-state index in [4.69, 9.17) is 0 Å². The first kappa shape index (κ1) is 7.81. The maximum atomic E-state index is 4.55. The van der Waals surface area contributed by atoms with Crippen molar-refractivity contribution in [2.75, 3.05) is 0 Å². The normalized spacial score (nSPS) is 12.4. The average molecular weight is 168 g/mol. The molecule has 2 rings (SSSR count). The van der Waals surface area contributed by atoms with Gasteiger partial charge in [-0.2, -0.15) is 0 Å². The third kappa shape index (κ3) is 4.16. The summed E-state index contributed by atoms with van der Waals surface area (Å²) in [5, 5.41) is 1.93. The second-order valence-electron chi connectivity index (χ2n) is 1.61. The van der Waals surface area contributed by atoms with Gasteiger partial charge in [0.2, 0.25) is 0 Å². The van der Waals surface area contributed by atoms with E-state index in [0.29, 0.717) is 0 Å². The molecule has 1 aromatic rings. The van der Waals surface area contributed by atoms with Gasteiger partial charge in [0.15, 0.2) is 0 Å². The van der Waals surface area contributed by atoms with Gasteiger partial charge in [-0.05, 0) is 29.8 Å². The molecular weight excluding hydrogens is 160 g/mol. The van der Waals surface area contributed by atoms with Crippen molar-refractivity contribution in [3.63, 3.8) is 0 Å². The molecule has 1 N–H and O–H groups in total. The lowest BCUT2D eigenvalue weighted by atomic mass is 10.6. The number of hydrogen-bond donors (Lipinski definition) is 1. The molecule has 0 aliphatic carbocycles. The summed E-state index contributed by atoms with van der Waals surface area (Å²) in [4.78, 5) is 4.55. The molecule has 0 fully saturated rings. The van der Waals surface area contributed by atoms with Gasteiger partial charge < -0.3 is 4.84 Å². The SMILES string of the molecule is C1=CNOC=C1.c1cnsc1. The molecule has 0 atom stereocenters. The lowest BCUT2D eigenvalue weighted by molar-refractivity contribution is 0.172. The average Bonchev–Trinajstić information content (AvgIpc) is 2.64. The van der Waals surface area contributed by atoms with Crippen LogP contribution < -0.4 is 5.48 Å². The van der Waals surface area contributed by atoms with Crippen LogP contribution in [0.3, 0.4) is 0 Å². The summed E-state index contributed by atoms with van der Waals surface area (Å²) in [6.45, 7) is 0. The molecule has 58 valence electrons. The fourth-order valence-electron chi connectivity index (χ4n) is 0.434. The Balaban J connectivity index is 0.000000112. The van der Waals surface area contributed by atoms with Gasteiger partial charge >= 0.3 is 0 Å². The topological polar surface area (TPSA) is 34.1 Å². The summed E-state index contributed by atoms with van der Waals surface area (Å²) in [7, 11) is 0. The third-order valence-corrected chi connectivity index (χ3v) is 1.36. The van der Waals surface area contributed by atoms with E-state index in [1.807, 2.05) is 17.5 Å². The van der Waals surface area contributed by atoms with Gasteiger partial charge in [0.05, 0.1) is 0 Å². The molecule has 4 heteroatoms. The molecule has 1 aromatic heterocycles. The summed E-state index contributed by atoms with van der Waals surface area (Å²) in [5.41, 5.74) is 2.52. The largest absolute Gasteiger partial charge is 0.391 e. The minimum Gasteiger partial charge on any atom is -0.391 e. The van der Waals surface area contributed by atoms with Crippen LogP contribution in [0, 0.1) is 0 Å². The van der Waals surface area contributed by atoms with E-state index < -0.39 is 0 Å². The molecule has 0 bridgehead atoms. The minimum atomic E-state index is 1.46. The molecule has 2 heterocycles. The first-order chi connectivity index (χ1) is 5.50. The van der Waals surface area contributed by atoms with Gasteiger partial charge in [-0.3, -0.25) is 0 Å². The van der Waals surface area contributed by atoms with E-state index in [1.165, 1.54) is 11.5 Å². The Hall–Kier alpha value is -1.29. The summed E-state index contributed by atoms with van der Waals surface area (Å²) in [5.74, 6) is 0. The second kappa shape index (κ2) is 5.49. The standard InChI is InChI=1S/C4H5NO.C3H3NS/c1-2-4-6-5-3-1;1-2-4-5-3-1/h1-5H;1-3H. The van der Waals surface area contributed by atoms with Crippen molar-refractivity contribution in [3.05, 3.63) is 42.3 Å². The number of nitrogens with zero attached hydrogens (tertiary/aromatic N) is 1. The third-order valence-electron chi connectivity index (χ3n) is 0.837. The van der Waals surface area contributed by atoms with Crippen molar-refractivity contribution in [1.29, 1.82) is 0 Å². The van der Waals surface area contributed by atoms with Crippen LogP contribution in [0.25, 0.3) is 0 Å². The number of allylic oxidation sites excluding steroid dienone is 2. The molecule has 0 radical (unpaired) electrons. The zero-order chi connectivity index (χ0) is 7.78. The lowest BCUT2D eigenvalue weighted by Gasteiger charge is -1.97. The fraction of sp³-hybridized carbons (Fsp3) is 0. The smallest absolute Gasteiger partial charge is 0.119 e. The molecule has 0 amide bonds. The minimum absolute atomic E-state index is 1.46. The van der Waals surface area contributed by atoms with Crippen molar-refractivity contribution in [2.45, 2.75) is 0 Å². The van der Waals surface area contributed by atoms with Crippen molar-refractivity contribution in [3.8, 4) is 0 Å². The highest BCUT2D eigenvalue weighted by Gasteiger charge is 1.72. The van der Waals surface area contributed by atoms with E-state index in [2.05, 4.69) is 14.7 Å². The van der Waals surface area contributed by atoms with Crippen LogP contribution in [0.2, 0.25) is 0 Å². The Kier molecular flexibility index (Phi) is 3.90. The zero-order valence-corrected chi connectivity index (χ0v) is 6.62. The van der Waals surface area contributed by atoms with Crippen LogP contribution in [0.5, 0.6) is 0 Å². The second-order valence-corrected chi connectivity index (χ2v) is 2.31. The molecule has 11 heavy (non-hydrogen) atoms. The van der Waals surface area contributed by atoms with Gasteiger partial charge in [0, 0.05) is 17.8 Å². The zero-order valence-electron chi connectivity index (χ0n) is 5.81. The predicted molar refractivity (Wildman–Crippen MR) is 44.6 cm³/mol. The maximum Gasteiger partial charge on any atom is 0.119 e. The van der Waals surface area contributed by atoms with Crippen molar-refractivity contribution in [1.82, 2.24) is 9.85 Å². The quantitative estimate of drug-likeness (QED) is 0.640. The van der Waals surface area contributed by atoms with Crippen molar-refractivity contribution >= 4 is 11.5 Å². The van der Waals surface area contributed by atoms with Gasteiger partial charge in [0.1, 0.15) is 6.26 Å². The van der Waals surface area contributed by atoms with Crippen LogP contribution in [-0.2, 0) is 4.84 Å². The first-order valence-electron chi connectivity index (χ1n) is 3.07. The molecule has 0 saturated carbocycles. The molecule has 3 nitrogen and oxygen atoms in total. The molecule has 1 aliphatic heterocycles. The van der Waals surface area contributed by atoms with Gasteiger partial charge in [-0.15, -0.1) is 0 Å². The molecule has 0 unspecified atom stereocenters. The van der Waals surface area contributed by atoms with Crippen LogP contribution in [-0.4, -0.2) is 4.37 Å². The number of aromatic nitrogens is 1. The summed E-state index contributed by atoms with van der Waals surface area (Å²) >= 11 is 1.46. The van der Waals surface area contributed by atoms with Crippen LogP contribution in [0.15, 0.2) is 42.3 Å². The number of hydrogen-bond acceptors (Lipinski definition) is 4. The molecule has 1 aliphatic rings. The van der Waals surface area contributed by atoms with E-state index in [0.717, 1.165) is 0 Å². The van der Waals surface area contributed by atoms with Crippen molar-refractivity contribution in [2.24, 2.45) is 0 Å². The van der Waals surface area contributed by atoms with Crippen LogP contribution in [0.1, 0.15) is 0 Å². The van der Waals surface area contributed by atoms with E-state index in [-0.39, 0.29) is 0 Å². The summed E-state index contributed by atoms with van der Waals surface area (Å²) < 4.78 is 3.76. The van der Waals surface area contributed by atoms with Gasteiger partial charge in [-0.25, -0.2) is 9.85 Å². The van der Waals surface area contributed by atoms with Gasteiger partial charge in [0.25, 0.3) is 0 Å². The highest BCUT2D eigenvalue weighted by molar-refractivity contribution is 7.03. The molecular formula is C7H8N2OS. The Morgan fingerprint density at radius 3 is 2.55 bits per heavy atom. The van der Waals surface area contributed by atoms with Gasteiger partial charge in [-0.1, -0.05) is 0 Å². The van der Waals surface area contributed by atoms with Crippen LogP contribution in [0.4, 0.5) is 0 Å². The van der Waals surface area contributed by atoms with E-state index in [9.17, 15) is 0 Å². The monoisotopic (exact) mass is 168 g/mol. The van der Waals surface area contributed by atoms with Crippen LogP contribution >= 0.6 is 11.5 Å². The molecule has 0 spiro atoms. The summed E-state index contributed by atoms with van der Waals surface area (Å²) in [6, 6.07) is 1.91. The van der Waals surface area contributed by atoms with E-state index >= 15 is 0 Å². The summed E-state index contributed by atoms with van der Waals surface area (Å²) in [6.07, 6.45) is 8.70. The highest BCUT2D eigenvalue weighted by atomic mass is 32.1. The Morgan fingerprint density at radius 1 is 1.36 bits per heavy atom. The maximum absolute atomic E-state index is 4.55. The Labute approximate surface area is 69.1 Å². The van der Waals surface area contributed by atoms with Crippen molar-refractivity contribution < 1.29 is 4.84 Å². The fourth-order valence-corrected chi connectivity index (χ4v) is 0.785. The number of nitrogens with one attached hydrogen (secondary N) is 1. The number of hydroxylamine groups is 1. The Morgan fingerprint density at radius 2 is 2.36 bits per heavy atom. The predicted octanol–water partition coefficient (Wildman–Crippen LogP) is 1.69. The molecule has 0 aromatic carbocycles. The Bertz CT molecular complexity index is 189. The number of rotatable bonds is 0. The molecule has 0 saturated heterocycles. The highest BCUT2D eigenvalue weighted by Crippen LogP contribution is 1.84.